The zero-order valence-corrected chi connectivity index (χ0v) is 12.7. The number of aromatic nitrogens is 1. The molecule has 112 valence electrons. The van der Waals surface area contributed by atoms with Gasteiger partial charge < -0.3 is 4.74 Å². The van der Waals surface area contributed by atoms with Crippen LogP contribution < -0.4 is 0 Å². The van der Waals surface area contributed by atoms with Crippen molar-refractivity contribution in [3.63, 3.8) is 0 Å². The Balaban J connectivity index is 2.08. The number of benzene rings is 1. The van der Waals surface area contributed by atoms with Gasteiger partial charge in [-0.25, -0.2) is 8.42 Å². The number of sulfonamides is 1. The standard InChI is InChI=1S/C15H18N2O3S/c1-20-11-13-7-4-10-17(13)21(18,19)14-8-2-5-12-6-3-9-16-15(12)14/h2-3,5-6,8-9,13H,4,7,10-11H2,1H3/t13-/m0/s1. The van der Waals surface area contributed by atoms with E-state index in [2.05, 4.69) is 4.98 Å². The summed E-state index contributed by atoms with van der Waals surface area (Å²) < 4.78 is 32.6. The normalized spacial score (nSPS) is 20.1. The van der Waals surface area contributed by atoms with Gasteiger partial charge in [0.05, 0.1) is 12.1 Å². The van der Waals surface area contributed by atoms with Crippen LogP contribution in [0, 0.1) is 0 Å². The smallest absolute Gasteiger partial charge is 0.245 e. The molecule has 6 heteroatoms. The fourth-order valence-electron chi connectivity index (χ4n) is 2.90. The van der Waals surface area contributed by atoms with E-state index in [1.807, 2.05) is 18.2 Å². The monoisotopic (exact) mass is 306 g/mol. The molecule has 3 rings (SSSR count). The van der Waals surface area contributed by atoms with Crippen molar-refractivity contribution < 1.29 is 13.2 Å². The molecule has 21 heavy (non-hydrogen) atoms. The van der Waals surface area contributed by atoms with E-state index in [9.17, 15) is 8.42 Å². The Labute approximate surface area is 124 Å². The van der Waals surface area contributed by atoms with Gasteiger partial charge in [0.2, 0.25) is 10.0 Å². The highest BCUT2D eigenvalue weighted by molar-refractivity contribution is 7.89. The van der Waals surface area contributed by atoms with Crippen LogP contribution in [-0.2, 0) is 14.8 Å². The molecule has 0 N–H and O–H groups in total. The first-order valence-corrected chi connectivity index (χ1v) is 8.43. The van der Waals surface area contributed by atoms with E-state index >= 15 is 0 Å². The summed E-state index contributed by atoms with van der Waals surface area (Å²) in [5.41, 5.74) is 0.531. The molecule has 1 aliphatic heterocycles. The van der Waals surface area contributed by atoms with E-state index < -0.39 is 10.0 Å². The number of hydrogen-bond donors (Lipinski definition) is 0. The van der Waals surface area contributed by atoms with Crippen LogP contribution in [0.4, 0.5) is 0 Å². The van der Waals surface area contributed by atoms with Crippen molar-refractivity contribution in [2.45, 2.75) is 23.8 Å². The van der Waals surface area contributed by atoms with Gasteiger partial charge in [-0.2, -0.15) is 4.31 Å². The molecule has 0 radical (unpaired) electrons. The predicted octanol–water partition coefficient (Wildman–Crippen LogP) is 2.03. The summed E-state index contributed by atoms with van der Waals surface area (Å²) in [4.78, 5) is 4.53. The van der Waals surface area contributed by atoms with Gasteiger partial charge in [0.1, 0.15) is 4.90 Å². The first-order valence-electron chi connectivity index (χ1n) is 6.99. The quantitative estimate of drug-likeness (QED) is 0.867. The third-order valence-electron chi connectivity index (χ3n) is 3.86. The molecule has 5 nitrogen and oxygen atoms in total. The van der Waals surface area contributed by atoms with Crippen LogP contribution in [0.1, 0.15) is 12.8 Å². The lowest BCUT2D eigenvalue weighted by atomic mass is 10.2. The van der Waals surface area contributed by atoms with Gasteiger partial charge in [0.15, 0.2) is 0 Å². The first kappa shape index (κ1) is 14.4. The van der Waals surface area contributed by atoms with E-state index in [0.717, 1.165) is 18.2 Å². The number of methoxy groups -OCH3 is 1. The van der Waals surface area contributed by atoms with Crippen molar-refractivity contribution in [3.8, 4) is 0 Å². The van der Waals surface area contributed by atoms with Crippen molar-refractivity contribution in [2.24, 2.45) is 0 Å². The van der Waals surface area contributed by atoms with Gasteiger partial charge in [0.25, 0.3) is 0 Å². The van der Waals surface area contributed by atoms with Gasteiger partial charge in [-0.1, -0.05) is 18.2 Å². The maximum Gasteiger partial charge on any atom is 0.245 e. The fourth-order valence-corrected chi connectivity index (χ4v) is 4.74. The zero-order chi connectivity index (χ0) is 14.9. The average molecular weight is 306 g/mol. The third kappa shape index (κ3) is 2.54. The Morgan fingerprint density at radius 1 is 1.33 bits per heavy atom. The fraction of sp³-hybridized carbons (Fsp3) is 0.400. The molecule has 0 unspecified atom stereocenters. The number of hydrogen-bond acceptors (Lipinski definition) is 4. The van der Waals surface area contributed by atoms with Crippen LogP contribution in [0.25, 0.3) is 10.9 Å². The number of nitrogens with zero attached hydrogens (tertiary/aromatic N) is 2. The molecule has 0 spiro atoms. The minimum Gasteiger partial charge on any atom is -0.383 e. The van der Waals surface area contributed by atoms with Crippen LogP contribution in [0.2, 0.25) is 0 Å². The number of rotatable bonds is 4. The Kier molecular flexibility index (Phi) is 3.93. The molecule has 1 saturated heterocycles. The van der Waals surface area contributed by atoms with Crippen molar-refractivity contribution in [3.05, 3.63) is 36.5 Å². The van der Waals surface area contributed by atoms with Gasteiger partial charge >= 0.3 is 0 Å². The molecular formula is C15H18N2O3S. The largest absolute Gasteiger partial charge is 0.383 e. The van der Waals surface area contributed by atoms with Gasteiger partial charge in [-0.05, 0) is 25.0 Å². The lowest BCUT2D eigenvalue weighted by molar-refractivity contribution is 0.149. The van der Waals surface area contributed by atoms with Crippen LogP contribution in [0.15, 0.2) is 41.4 Å². The topological polar surface area (TPSA) is 59.5 Å². The second-order valence-electron chi connectivity index (χ2n) is 5.20. The highest BCUT2D eigenvalue weighted by Crippen LogP contribution is 2.29. The van der Waals surface area contributed by atoms with Crippen molar-refractivity contribution in [1.82, 2.24) is 9.29 Å². The molecule has 1 atom stereocenters. The molecule has 0 aliphatic carbocycles. The summed E-state index contributed by atoms with van der Waals surface area (Å²) in [6, 6.07) is 8.86. The average Bonchev–Trinajstić information content (AvgIpc) is 2.96. The molecule has 1 aromatic heterocycles. The van der Waals surface area contributed by atoms with E-state index in [1.165, 1.54) is 0 Å². The SMILES string of the molecule is COC[C@@H]1CCCN1S(=O)(=O)c1cccc2cccnc12. The summed E-state index contributed by atoms with van der Waals surface area (Å²) in [5.74, 6) is 0. The molecule has 0 amide bonds. The molecule has 1 aliphatic rings. The van der Waals surface area contributed by atoms with Crippen molar-refractivity contribution >= 4 is 20.9 Å². The van der Waals surface area contributed by atoms with E-state index in [-0.39, 0.29) is 10.9 Å². The summed E-state index contributed by atoms with van der Waals surface area (Å²) in [7, 11) is -1.95. The third-order valence-corrected chi connectivity index (χ3v) is 5.85. The molecule has 2 aromatic rings. The van der Waals surface area contributed by atoms with Crippen molar-refractivity contribution in [1.29, 1.82) is 0 Å². The maximum absolute atomic E-state index is 13.0. The van der Waals surface area contributed by atoms with Crippen molar-refractivity contribution in [2.75, 3.05) is 20.3 Å². The Morgan fingerprint density at radius 3 is 2.95 bits per heavy atom. The molecule has 2 heterocycles. The van der Waals surface area contributed by atoms with Gasteiger partial charge in [-0.15, -0.1) is 0 Å². The Bertz CT molecular complexity index is 740. The number of ether oxygens (including phenoxy) is 1. The summed E-state index contributed by atoms with van der Waals surface area (Å²) in [6.07, 6.45) is 3.33. The zero-order valence-electron chi connectivity index (χ0n) is 11.9. The van der Waals surface area contributed by atoms with E-state index in [1.54, 1.807) is 29.7 Å². The van der Waals surface area contributed by atoms with Gasteiger partial charge in [-0.3, -0.25) is 4.98 Å². The number of fused-ring (bicyclic) bond motifs is 1. The van der Waals surface area contributed by atoms with Crippen LogP contribution in [-0.4, -0.2) is 44.0 Å². The Morgan fingerprint density at radius 2 is 2.14 bits per heavy atom. The summed E-state index contributed by atoms with van der Waals surface area (Å²) >= 11 is 0. The summed E-state index contributed by atoms with van der Waals surface area (Å²) in [6.45, 7) is 0.969. The number of pyridine rings is 1. The number of para-hydroxylation sites is 1. The second kappa shape index (κ2) is 5.71. The summed E-state index contributed by atoms with van der Waals surface area (Å²) in [5, 5.41) is 0.834. The molecule has 1 fully saturated rings. The lowest BCUT2D eigenvalue weighted by Crippen LogP contribution is -2.38. The maximum atomic E-state index is 13.0. The second-order valence-corrected chi connectivity index (χ2v) is 7.06. The van der Waals surface area contributed by atoms with E-state index in [4.69, 9.17) is 4.74 Å². The van der Waals surface area contributed by atoms with E-state index in [0.29, 0.717) is 18.7 Å². The highest BCUT2D eigenvalue weighted by atomic mass is 32.2. The molecular weight excluding hydrogens is 288 g/mol. The van der Waals surface area contributed by atoms with Gasteiger partial charge in [0, 0.05) is 31.3 Å². The minimum absolute atomic E-state index is 0.0843. The Hall–Kier alpha value is -1.50. The highest BCUT2D eigenvalue weighted by Gasteiger charge is 2.36. The first-order chi connectivity index (χ1) is 10.1. The minimum atomic E-state index is -3.55. The van der Waals surface area contributed by atoms with Crippen LogP contribution in [0.5, 0.6) is 0 Å². The molecule has 0 saturated carbocycles. The molecule has 1 aromatic carbocycles. The lowest BCUT2D eigenvalue weighted by Gasteiger charge is -2.23. The molecule has 0 bridgehead atoms. The predicted molar refractivity (Wildman–Crippen MR) is 80.5 cm³/mol. The van der Waals surface area contributed by atoms with Crippen LogP contribution in [0.3, 0.4) is 0 Å². The van der Waals surface area contributed by atoms with Crippen LogP contribution >= 0.6 is 0 Å².